The average molecular weight is 254 g/mol. The summed E-state index contributed by atoms with van der Waals surface area (Å²) < 4.78 is 0. The van der Waals surface area contributed by atoms with Gasteiger partial charge in [0.05, 0.1) is 0 Å². The molecule has 0 amide bonds. The van der Waals surface area contributed by atoms with E-state index < -0.39 is 7.12 Å². The van der Waals surface area contributed by atoms with E-state index in [9.17, 15) is 0 Å². The van der Waals surface area contributed by atoms with Gasteiger partial charge in [0.2, 0.25) is 0 Å². The molecule has 0 aromatic heterocycles. The van der Waals surface area contributed by atoms with Gasteiger partial charge in [0.15, 0.2) is 0 Å². The van der Waals surface area contributed by atoms with Crippen molar-refractivity contribution in [2.45, 2.75) is 63.3 Å². The first-order valence-electron chi connectivity index (χ1n) is 7.54. The van der Waals surface area contributed by atoms with E-state index in [4.69, 9.17) is 15.8 Å². The van der Waals surface area contributed by atoms with Crippen molar-refractivity contribution < 1.29 is 10.0 Å². The van der Waals surface area contributed by atoms with E-state index in [-0.39, 0.29) is 0 Å². The van der Waals surface area contributed by atoms with Crippen LogP contribution in [0, 0.1) is 5.92 Å². The monoisotopic (exact) mass is 254 g/mol. The summed E-state index contributed by atoms with van der Waals surface area (Å²) in [6.45, 7) is 2.38. The molecule has 0 aromatic rings. The third-order valence-electron chi connectivity index (χ3n) is 4.71. The number of nitrogens with zero attached hydrogens (tertiary/aromatic N) is 1. The van der Waals surface area contributed by atoms with Gasteiger partial charge < -0.3 is 20.7 Å². The summed E-state index contributed by atoms with van der Waals surface area (Å²) in [4.78, 5) is 2.62. The summed E-state index contributed by atoms with van der Waals surface area (Å²) in [7, 11) is -1.13. The molecule has 0 spiro atoms. The Morgan fingerprint density at radius 1 is 1.11 bits per heavy atom. The normalized spacial score (nSPS) is 32.5. The maximum atomic E-state index is 8.78. The molecule has 0 radical (unpaired) electrons. The van der Waals surface area contributed by atoms with Gasteiger partial charge in [0.25, 0.3) is 0 Å². The predicted molar refractivity (Wildman–Crippen MR) is 74.1 cm³/mol. The van der Waals surface area contributed by atoms with Crippen molar-refractivity contribution in [3.8, 4) is 0 Å². The van der Waals surface area contributed by atoms with Gasteiger partial charge in [-0.15, -0.1) is 0 Å². The van der Waals surface area contributed by atoms with Crippen molar-refractivity contribution in [3.63, 3.8) is 0 Å². The number of unbranched alkanes of at least 4 members (excludes halogenated alkanes) is 2. The molecule has 0 bridgehead atoms. The fraction of sp³-hybridized carbons (Fsp3) is 1.00. The van der Waals surface area contributed by atoms with Gasteiger partial charge in [-0.25, -0.2) is 0 Å². The highest BCUT2D eigenvalue weighted by Gasteiger charge is 2.39. The van der Waals surface area contributed by atoms with Crippen LogP contribution in [0.25, 0.3) is 0 Å². The molecular formula is C13H27BN2O2. The minimum Gasteiger partial charge on any atom is -0.427 e. The Labute approximate surface area is 111 Å². The van der Waals surface area contributed by atoms with Crippen LogP contribution in [0.1, 0.15) is 44.9 Å². The van der Waals surface area contributed by atoms with E-state index in [2.05, 4.69) is 4.90 Å². The molecule has 0 aromatic carbocycles. The van der Waals surface area contributed by atoms with Crippen LogP contribution in [0.15, 0.2) is 0 Å². The zero-order valence-corrected chi connectivity index (χ0v) is 11.3. The molecule has 18 heavy (non-hydrogen) atoms. The van der Waals surface area contributed by atoms with E-state index in [0.29, 0.717) is 12.4 Å². The van der Waals surface area contributed by atoms with Gasteiger partial charge in [-0.1, -0.05) is 19.3 Å². The highest BCUT2D eigenvalue weighted by atomic mass is 16.4. The second kappa shape index (κ2) is 6.89. The van der Waals surface area contributed by atoms with E-state index in [1.807, 2.05) is 0 Å². The molecule has 1 aliphatic heterocycles. The van der Waals surface area contributed by atoms with Crippen LogP contribution >= 0.6 is 0 Å². The standard InChI is InChI=1S/C13H27BN2O2/c15-12-5-4-6-13-11(12)7-10-16(13)9-3-1-2-8-14(17)18/h11-13,17-18H,1-10,15H2. The maximum Gasteiger partial charge on any atom is 0.451 e. The molecule has 1 aliphatic carbocycles. The van der Waals surface area contributed by atoms with Crippen LogP contribution in [0.3, 0.4) is 0 Å². The van der Waals surface area contributed by atoms with E-state index in [1.165, 1.54) is 38.6 Å². The highest BCUT2D eigenvalue weighted by molar-refractivity contribution is 6.40. The van der Waals surface area contributed by atoms with Crippen LogP contribution in [0.5, 0.6) is 0 Å². The van der Waals surface area contributed by atoms with Gasteiger partial charge in [-0.2, -0.15) is 0 Å². The zero-order valence-electron chi connectivity index (χ0n) is 11.3. The molecule has 1 heterocycles. The third-order valence-corrected chi connectivity index (χ3v) is 4.71. The Balaban J connectivity index is 1.65. The summed E-state index contributed by atoms with van der Waals surface area (Å²) in [5.41, 5.74) is 6.21. The van der Waals surface area contributed by atoms with E-state index >= 15 is 0 Å². The Morgan fingerprint density at radius 3 is 2.72 bits per heavy atom. The first-order chi connectivity index (χ1) is 8.68. The van der Waals surface area contributed by atoms with Crippen molar-refractivity contribution >= 4 is 7.12 Å². The molecule has 4 N–H and O–H groups in total. The van der Waals surface area contributed by atoms with Crippen LogP contribution in [0.4, 0.5) is 0 Å². The van der Waals surface area contributed by atoms with Crippen molar-refractivity contribution in [2.75, 3.05) is 13.1 Å². The quantitative estimate of drug-likeness (QED) is 0.485. The Kier molecular flexibility index (Phi) is 5.48. The number of likely N-dealkylation sites (tertiary alicyclic amines) is 1. The van der Waals surface area contributed by atoms with Crippen molar-refractivity contribution in [3.05, 3.63) is 0 Å². The molecular weight excluding hydrogens is 227 g/mol. The number of nitrogens with two attached hydrogens (primary N) is 1. The summed E-state index contributed by atoms with van der Waals surface area (Å²) in [6, 6.07) is 1.16. The smallest absolute Gasteiger partial charge is 0.427 e. The van der Waals surface area contributed by atoms with Crippen LogP contribution in [-0.2, 0) is 0 Å². The number of rotatable bonds is 6. The van der Waals surface area contributed by atoms with Gasteiger partial charge in [-0.05, 0) is 51.0 Å². The fourth-order valence-corrected chi connectivity index (χ4v) is 3.71. The molecule has 4 nitrogen and oxygen atoms in total. The number of hydrogen-bond acceptors (Lipinski definition) is 4. The van der Waals surface area contributed by atoms with Crippen LogP contribution < -0.4 is 5.73 Å². The molecule has 3 unspecified atom stereocenters. The molecule has 1 saturated heterocycles. The lowest BCUT2D eigenvalue weighted by molar-refractivity contribution is 0.165. The van der Waals surface area contributed by atoms with E-state index in [1.54, 1.807) is 0 Å². The Morgan fingerprint density at radius 2 is 1.94 bits per heavy atom. The zero-order chi connectivity index (χ0) is 13.0. The van der Waals surface area contributed by atoms with Gasteiger partial charge in [-0.3, -0.25) is 0 Å². The summed E-state index contributed by atoms with van der Waals surface area (Å²) in [5.74, 6) is 0.734. The average Bonchev–Trinajstić information content (AvgIpc) is 2.73. The molecule has 5 heteroatoms. The lowest BCUT2D eigenvalue weighted by Crippen LogP contribution is -2.44. The van der Waals surface area contributed by atoms with Crippen molar-refractivity contribution in [2.24, 2.45) is 11.7 Å². The number of hydrogen-bond donors (Lipinski definition) is 3. The maximum absolute atomic E-state index is 8.78. The van der Waals surface area contributed by atoms with Gasteiger partial charge >= 0.3 is 7.12 Å². The van der Waals surface area contributed by atoms with Gasteiger partial charge in [0, 0.05) is 12.1 Å². The summed E-state index contributed by atoms with van der Waals surface area (Å²) >= 11 is 0. The minimum absolute atomic E-state index is 0.429. The van der Waals surface area contributed by atoms with Crippen molar-refractivity contribution in [1.29, 1.82) is 0 Å². The first-order valence-corrected chi connectivity index (χ1v) is 7.54. The second-order valence-corrected chi connectivity index (χ2v) is 5.98. The second-order valence-electron chi connectivity index (χ2n) is 5.98. The summed E-state index contributed by atoms with van der Waals surface area (Å²) in [5, 5.41) is 17.6. The lowest BCUT2D eigenvalue weighted by atomic mass is 9.81. The fourth-order valence-electron chi connectivity index (χ4n) is 3.71. The Bertz CT molecular complexity index is 253. The predicted octanol–water partition coefficient (Wildman–Crippen LogP) is 0.831. The lowest BCUT2D eigenvalue weighted by Gasteiger charge is -2.35. The molecule has 2 aliphatic rings. The van der Waals surface area contributed by atoms with Crippen molar-refractivity contribution in [1.82, 2.24) is 4.90 Å². The van der Waals surface area contributed by atoms with Crippen LogP contribution in [0.2, 0.25) is 6.32 Å². The molecule has 2 rings (SSSR count). The summed E-state index contributed by atoms with van der Waals surface area (Å²) in [6.07, 6.45) is 8.80. The topological polar surface area (TPSA) is 69.7 Å². The minimum atomic E-state index is -1.13. The van der Waals surface area contributed by atoms with E-state index in [0.717, 1.165) is 31.3 Å². The number of fused-ring (bicyclic) bond motifs is 1. The van der Waals surface area contributed by atoms with Gasteiger partial charge in [0.1, 0.15) is 0 Å². The van der Waals surface area contributed by atoms with Crippen LogP contribution in [-0.4, -0.2) is 47.2 Å². The largest absolute Gasteiger partial charge is 0.451 e. The SMILES string of the molecule is NC1CCCC2C1CCN2CCCCCB(O)O. The molecule has 104 valence electrons. The molecule has 3 atom stereocenters. The molecule has 1 saturated carbocycles. The molecule has 2 fully saturated rings. The Hall–Kier alpha value is -0.0951. The first kappa shape index (κ1) is 14.3. The highest BCUT2D eigenvalue weighted by Crippen LogP contribution is 2.35. The third kappa shape index (κ3) is 3.70.